The summed E-state index contributed by atoms with van der Waals surface area (Å²) in [5.41, 5.74) is 1.23. The molecule has 2 rings (SSSR count). The molecule has 0 N–H and O–H groups in total. The van der Waals surface area contributed by atoms with Crippen molar-refractivity contribution in [3.05, 3.63) is 36.4 Å². The molecule has 74 valence electrons. The van der Waals surface area contributed by atoms with Crippen LogP contribution in [0.2, 0.25) is 0 Å². The van der Waals surface area contributed by atoms with Gasteiger partial charge in [-0.15, -0.1) is 0 Å². The lowest BCUT2D eigenvalue weighted by atomic mass is 10.1. The molecule has 2 radical (unpaired) electrons. The van der Waals surface area contributed by atoms with E-state index in [9.17, 15) is 0 Å². The maximum atomic E-state index is 5.39. The summed E-state index contributed by atoms with van der Waals surface area (Å²) in [5, 5.41) is 0. The Kier molecular flexibility index (Phi) is 2.73. The third kappa shape index (κ3) is 1.62. The Bertz CT molecular complexity index is 311. The molecular formula is C12H15NO. The van der Waals surface area contributed by atoms with E-state index in [2.05, 4.69) is 31.5 Å². The fraction of sp³-hybridized carbons (Fsp3) is 0.417. The first-order chi connectivity index (χ1) is 6.83. The zero-order chi connectivity index (χ0) is 9.97. The fourth-order valence-electron chi connectivity index (χ4n) is 1.79. The highest BCUT2D eigenvalue weighted by atomic mass is 16.5. The van der Waals surface area contributed by atoms with Crippen LogP contribution in [0.25, 0.3) is 0 Å². The number of nitrogens with zero attached hydrogens (tertiary/aromatic N) is 1. The number of benzene rings is 1. The number of hydrogen-bond donors (Lipinski definition) is 0. The Morgan fingerprint density at radius 3 is 3.00 bits per heavy atom. The lowest BCUT2D eigenvalue weighted by molar-refractivity contribution is 0.241. The zero-order valence-electron chi connectivity index (χ0n) is 8.66. The van der Waals surface area contributed by atoms with Gasteiger partial charge in [0.25, 0.3) is 0 Å². The molecule has 0 saturated carbocycles. The van der Waals surface area contributed by atoms with Gasteiger partial charge in [-0.05, 0) is 26.1 Å². The number of likely N-dealkylation sites (N-methyl/N-ethyl adjacent to an activating group) is 1. The number of hydrogen-bond acceptors (Lipinski definition) is 2. The molecule has 1 aromatic carbocycles. The molecule has 1 aromatic rings. The monoisotopic (exact) mass is 189 g/mol. The molecule has 0 bridgehead atoms. The molecule has 0 fully saturated rings. The molecule has 2 heteroatoms. The fourth-order valence-corrected chi connectivity index (χ4v) is 1.79. The summed E-state index contributed by atoms with van der Waals surface area (Å²) in [4.78, 5) is 2.26. The van der Waals surface area contributed by atoms with Crippen molar-refractivity contribution < 1.29 is 4.74 Å². The second-order valence-corrected chi connectivity index (χ2v) is 3.64. The first kappa shape index (κ1) is 9.53. The van der Waals surface area contributed by atoms with Gasteiger partial charge >= 0.3 is 0 Å². The highest BCUT2D eigenvalue weighted by Crippen LogP contribution is 2.37. The second-order valence-electron chi connectivity index (χ2n) is 3.64. The smallest absolute Gasteiger partial charge is 0.219 e. The molecule has 2 nitrogen and oxygen atoms in total. The first-order valence-electron chi connectivity index (χ1n) is 5.04. The summed E-state index contributed by atoms with van der Waals surface area (Å²) in [6, 6.07) is 8.32. The summed E-state index contributed by atoms with van der Waals surface area (Å²) in [7, 11) is 2.10. The van der Waals surface area contributed by atoms with Crippen LogP contribution in [0.4, 0.5) is 0 Å². The van der Waals surface area contributed by atoms with Gasteiger partial charge in [-0.1, -0.05) is 25.1 Å². The van der Waals surface area contributed by atoms with E-state index in [0.717, 1.165) is 18.7 Å². The quantitative estimate of drug-likeness (QED) is 0.724. The predicted octanol–water partition coefficient (Wildman–Crippen LogP) is 2.50. The molecule has 1 heterocycles. The minimum Gasteiger partial charge on any atom is -0.476 e. The van der Waals surface area contributed by atoms with Crippen LogP contribution in [-0.4, -0.2) is 18.5 Å². The molecule has 1 atom stereocenters. The molecule has 14 heavy (non-hydrogen) atoms. The Morgan fingerprint density at radius 2 is 2.21 bits per heavy atom. The van der Waals surface area contributed by atoms with Crippen LogP contribution < -0.4 is 4.74 Å². The number of ether oxygens (including phenoxy) is 1. The van der Waals surface area contributed by atoms with Crippen molar-refractivity contribution >= 4 is 0 Å². The zero-order valence-corrected chi connectivity index (χ0v) is 8.66. The van der Waals surface area contributed by atoms with Gasteiger partial charge in [0.1, 0.15) is 5.75 Å². The van der Waals surface area contributed by atoms with Crippen molar-refractivity contribution in [1.29, 1.82) is 0 Å². The molecular weight excluding hydrogens is 174 g/mol. The number of rotatable bonds is 3. The van der Waals surface area contributed by atoms with E-state index in [4.69, 9.17) is 4.74 Å². The minimum atomic E-state index is 0.200. The Hall–Kier alpha value is -1.02. The van der Waals surface area contributed by atoms with Gasteiger partial charge in [-0.2, -0.15) is 0 Å². The van der Waals surface area contributed by atoms with Crippen LogP contribution in [0.15, 0.2) is 24.3 Å². The Morgan fingerprint density at radius 1 is 1.43 bits per heavy atom. The lowest BCUT2D eigenvalue weighted by Crippen LogP contribution is -2.24. The molecule has 1 aliphatic rings. The van der Waals surface area contributed by atoms with Gasteiger partial charge < -0.3 is 4.74 Å². The molecule has 1 aliphatic heterocycles. The maximum absolute atomic E-state index is 5.39. The molecule has 0 spiro atoms. The molecule has 0 aliphatic carbocycles. The molecule has 0 amide bonds. The van der Waals surface area contributed by atoms with Gasteiger partial charge in [-0.25, -0.2) is 0 Å². The Labute approximate surface area is 85.5 Å². The van der Waals surface area contributed by atoms with Crippen molar-refractivity contribution in [2.45, 2.75) is 19.4 Å². The standard InChI is InChI=1S/C12H15NO/c1-3-8-13(2)11-9-14-12-7-5-4-6-10(11)12/h4-7,11H,3,8H2,1-2H3. The highest BCUT2D eigenvalue weighted by molar-refractivity contribution is 5.41. The van der Waals surface area contributed by atoms with E-state index in [1.165, 1.54) is 5.56 Å². The summed E-state index contributed by atoms with van der Waals surface area (Å²) in [5.74, 6) is 0.945. The maximum Gasteiger partial charge on any atom is 0.219 e. The van der Waals surface area contributed by atoms with E-state index in [1.807, 2.05) is 18.2 Å². The van der Waals surface area contributed by atoms with E-state index < -0.39 is 0 Å². The van der Waals surface area contributed by atoms with Gasteiger partial charge in [0.15, 0.2) is 0 Å². The third-order valence-corrected chi connectivity index (χ3v) is 2.51. The van der Waals surface area contributed by atoms with E-state index in [-0.39, 0.29) is 6.04 Å². The van der Waals surface area contributed by atoms with Gasteiger partial charge in [0, 0.05) is 5.56 Å². The van der Waals surface area contributed by atoms with Crippen molar-refractivity contribution in [3.8, 4) is 5.75 Å². The first-order valence-corrected chi connectivity index (χ1v) is 5.04. The van der Waals surface area contributed by atoms with Crippen LogP contribution >= 0.6 is 0 Å². The predicted molar refractivity (Wildman–Crippen MR) is 56.0 cm³/mol. The topological polar surface area (TPSA) is 12.5 Å². The average molecular weight is 189 g/mol. The van der Waals surface area contributed by atoms with E-state index >= 15 is 0 Å². The van der Waals surface area contributed by atoms with E-state index in [1.54, 1.807) is 0 Å². The molecule has 1 unspecified atom stereocenters. The molecule has 0 saturated heterocycles. The minimum absolute atomic E-state index is 0.200. The summed E-state index contributed by atoms with van der Waals surface area (Å²) < 4.78 is 5.39. The number of fused-ring (bicyclic) bond motifs is 1. The van der Waals surface area contributed by atoms with Crippen LogP contribution in [0.1, 0.15) is 24.9 Å². The average Bonchev–Trinajstić information content (AvgIpc) is 2.61. The Balaban J connectivity index is 2.17. The summed E-state index contributed by atoms with van der Waals surface area (Å²) in [6.45, 7) is 6.28. The largest absolute Gasteiger partial charge is 0.476 e. The van der Waals surface area contributed by atoms with Crippen LogP contribution in [0.3, 0.4) is 0 Å². The number of para-hydroxylation sites is 1. The van der Waals surface area contributed by atoms with E-state index in [0.29, 0.717) is 0 Å². The van der Waals surface area contributed by atoms with Crippen molar-refractivity contribution in [3.63, 3.8) is 0 Å². The molecule has 0 aromatic heterocycles. The van der Waals surface area contributed by atoms with Gasteiger partial charge in [0.2, 0.25) is 6.61 Å². The van der Waals surface area contributed by atoms with Crippen molar-refractivity contribution in [2.75, 3.05) is 13.6 Å². The SMILES string of the molecule is CCCN(C)C1[C]Oc2ccccc21. The van der Waals surface area contributed by atoms with Crippen molar-refractivity contribution in [2.24, 2.45) is 0 Å². The normalized spacial score (nSPS) is 19.5. The van der Waals surface area contributed by atoms with Crippen LogP contribution in [-0.2, 0) is 0 Å². The third-order valence-electron chi connectivity index (χ3n) is 2.51. The second kappa shape index (κ2) is 4.01. The van der Waals surface area contributed by atoms with Crippen LogP contribution in [0, 0.1) is 6.61 Å². The van der Waals surface area contributed by atoms with Crippen molar-refractivity contribution in [1.82, 2.24) is 4.90 Å². The summed E-state index contributed by atoms with van der Waals surface area (Å²) >= 11 is 0. The lowest BCUT2D eigenvalue weighted by Gasteiger charge is -2.21. The highest BCUT2D eigenvalue weighted by Gasteiger charge is 2.28. The van der Waals surface area contributed by atoms with Crippen LogP contribution in [0.5, 0.6) is 5.75 Å². The van der Waals surface area contributed by atoms with Gasteiger partial charge in [0.05, 0.1) is 6.04 Å². The summed E-state index contributed by atoms with van der Waals surface area (Å²) in [6.07, 6.45) is 1.15. The van der Waals surface area contributed by atoms with Gasteiger partial charge in [-0.3, -0.25) is 4.90 Å².